The standard InChI is InChI=1S/C11H9BrF5NO2/c1-2-20-7(19)4-5-3-6(10(13)14)18-9(8(5)12)11(15,16)17/h3,10H,2,4H2,1H3. The number of hydrogen-bond acceptors (Lipinski definition) is 3. The third-order valence-corrected chi connectivity index (χ3v) is 3.07. The van der Waals surface area contributed by atoms with Gasteiger partial charge >= 0.3 is 12.1 Å². The summed E-state index contributed by atoms with van der Waals surface area (Å²) in [6, 6.07) is 0.751. The molecule has 1 aromatic rings. The Hall–Kier alpha value is -1.25. The first-order valence-corrected chi connectivity index (χ1v) is 6.16. The molecular weight excluding hydrogens is 353 g/mol. The summed E-state index contributed by atoms with van der Waals surface area (Å²) in [4.78, 5) is 14.2. The minimum atomic E-state index is -4.91. The predicted molar refractivity (Wildman–Crippen MR) is 62.2 cm³/mol. The molecule has 0 atom stereocenters. The summed E-state index contributed by atoms with van der Waals surface area (Å²) in [6.45, 7) is 1.56. The molecule has 1 heterocycles. The number of pyridine rings is 1. The van der Waals surface area contributed by atoms with Gasteiger partial charge in [-0.25, -0.2) is 13.8 Å². The fourth-order valence-corrected chi connectivity index (χ4v) is 1.97. The van der Waals surface area contributed by atoms with Crippen LogP contribution in [0, 0.1) is 0 Å². The molecule has 1 aromatic heterocycles. The van der Waals surface area contributed by atoms with Gasteiger partial charge in [-0.1, -0.05) is 0 Å². The Bertz CT molecular complexity index is 504. The normalized spacial score (nSPS) is 11.8. The maximum absolute atomic E-state index is 12.7. The van der Waals surface area contributed by atoms with Crippen molar-refractivity contribution >= 4 is 21.9 Å². The zero-order chi connectivity index (χ0) is 15.5. The van der Waals surface area contributed by atoms with E-state index in [0.29, 0.717) is 0 Å². The Balaban J connectivity index is 3.28. The largest absolute Gasteiger partial charge is 0.466 e. The molecule has 0 aliphatic carbocycles. The molecule has 20 heavy (non-hydrogen) atoms. The molecule has 0 radical (unpaired) electrons. The average Bonchev–Trinajstić information content (AvgIpc) is 2.30. The van der Waals surface area contributed by atoms with Crippen molar-refractivity contribution in [2.24, 2.45) is 0 Å². The SMILES string of the molecule is CCOC(=O)Cc1cc(C(F)F)nc(C(F)(F)F)c1Br. The van der Waals surface area contributed by atoms with Crippen LogP contribution >= 0.6 is 15.9 Å². The smallest absolute Gasteiger partial charge is 0.434 e. The molecule has 112 valence electrons. The van der Waals surface area contributed by atoms with Crippen LogP contribution < -0.4 is 0 Å². The molecule has 3 nitrogen and oxygen atoms in total. The maximum Gasteiger partial charge on any atom is 0.434 e. The van der Waals surface area contributed by atoms with Crippen molar-refractivity contribution < 1.29 is 31.5 Å². The van der Waals surface area contributed by atoms with E-state index < -0.39 is 40.9 Å². The van der Waals surface area contributed by atoms with Crippen LogP contribution in [-0.2, 0) is 22.1 Å². The molecule has 0 aliphatic heterocycles. The lowest BCUT2D eigenvalue weighted by Crippen LogP contribution is -2.15. The van der Waals surface area contributed by atoms with Gasteiger partial charge in [0.25, 0.3) is 6.43 Å². The summed E-state index contributed by atoms with van der Waals surface area (Å²) < 4.78 is 67.3. The van der Waals surface area contributed by atoms with Crippen molar-refractivity contribution in [2.75, 3.05) is 6.61 Å². The van der Waals surface area contributed by atoms with Crippen molar-refractivity contribution in [3.63, 3.8) is 0 Å². The number of nitrogens with zero attached hydrogens (tertiary/aromatic N) is 1. The minimum Gasteiger partial charge on any atom is -0.466 e. The maximum atomic E-state index is 12.7. The number of carbonyl (C=O) groups is 1. The first-order chi connectivity index (χ1) is 9.16. The first kappa shape index (κ1) is 16.8. The van der Waals surface area contributed by atoms with E-state index in [-0.39, 0.29) is 12.2 Å². The molecule has 0 unspecified atom stereocenters. The highest BCUT2D eigenvalue weighted by Crippen LogP contribution is 2.37. The number of carbonyl (C=O) groups excluding carboxylic acids is 1. The monoisotopic (exact) mass is 361 g/mol. The Morgan fingerprint density at radius 2 is 2.05 bits per heavy atom. The van der Waals surface area contributed by atoms with Crippen molar-refractivity contribution in [1.29, 1.82) is 0 Å². The lowest BCUT2D eigenvalue weighted by Gasteiger charge is -2.14. The van der Waals surface area contributed by atoms with Gasteiger partial charge in [-0.15, -0.1) is 0 Å². The Kier molecular flexibility index (Phi) is 5.43. The van der Waals surface area contributed by atoms with Crippen LogP contribution in [0.4, 0.5) is 22.0 Å². The van der Waals surface area contributed by atoms with Crippen molar-refractivity contribution in [3.8, 4) is 0 Å². The van der Waals surface area contributed by atoms with E-state index >= 15 is 0 Å². The fourth-order valence-electron chi connectivity index (χ4n) is 1.40. The second-order valence-corrected chi connectivity index (χ2v) is 4.44. The summed E-state index contributed by atoms with van der Waals surface area (Å²) >= 11 is 2.64. The highest BCUT2D eigenvalue weighted by atomic mass is 79.9. The van der Waals surface area contributed by atoms with E-state index in [0.717, 1.165) is 6.07 Å². The van der Waals surface area contributed by atoms with E-state index in [1.165, 1.54) is 6.92 Å². The fraction of sp³-hybridized carbons (Fsp3) is 0.455. The molecule has 9 heteroatoms. The van der Waals surface area contributed by atoms with Crippen LogP contribution in [0.3, 0.4) is 0 Å². The molecule has 0 bridgehead atoms. The molecular formula is C11H9BrF5NO2. The van der Waals surface area contributed by atoms with E-state index in [4.69, 9.17) is 0 Å². The quantitative estimate of drug-likeness (QED) is 0.602. The van der Waals surface area contributed by atoms with E-state index in [1.54, 1.807) is 0 Å². The van der Waals surface area contributed by atoms with Crippen LogP contribution in [0.15, 0.2) is 10.5 Å². The zero-order valence-electron chi connectivity index (χ0n) is 10.1. The first-order valence-electron chi connectivity index (χ1n) is 5.37. The van der Waals surface area contributed by atoms with E-state index in [1.807, 2.05) is 0 Å². The topological polar surface area (TPSA) is 39.2 Å². The van der Waals surface area contributed by atoms with E-state index in [9.17, 15) is 26.7 Å². The number of rotatable bonds is 4. The van der Waals surface area contributed by atoms with Crippen molar-refractivity contribution in [2.45, 2.75) is 25.9 Å². The Morgan fingerprint density at radius 3 is 2.50 bits per heavy atom. The Labute approximate surface area is 119 Å². The van der Waals surface area contributed by atoms with Crippen LogP contribution in [0.5, 0.6) is 0 Å². The summed E-state index contributed by atoms with van der Waals surface area (Å²) in [6.07, 6.45) is -8.64. The molecule has 0 aliphatic rings. The minimum absolute atomic E-state index is 0.0371. The molecule has 0 saturated heterocycles. The lowest BCUT2D eigenvalue weighted by molar-refractivity contribution is -0.144. The van der Waals surface area contributed by atoms with Gasteiger partial charge in [-0.2, -0.15) is 13.2 Å². The number of hydrogen-bond donors (Lipinski definition) is 0. The average molecular weight is 362 g/mol. The highest BCUT2D eigenvalue weighted by molar-refractivity contribution is 9.10. The van der Waals surface area contributed by atoms with Crippen LogP contribution in [-0.4, -0.2) is 17.6 Å². The summed E-state index contributed by atoms with van der Waals surface area (Å²) in [5.74, 6) is -0.812. The molecule has 0 fully saturated rings. The Morgan fingerprint density at radius 1 is 1.45 bits per heavy atom. The number of alkyl halides is 5. The third kappa shape index (κ3) is 4.12. The number of halogens is 6. The molecule has 0 amide bonds. The lowest BCUT2D eigenvalue weighted by atomic mass is 10.1. The number of esters is 1. The summed E-state index contributed by atoms with van der Waals surface area (Å²) in [7, 11) is 0. The third-order valence-electron chi connectivity index (χ3n) is 2.19. The van der Waals surface area contributed by atoms with Gasteiger partial charge in [0.05, 0.1) is 17.5 Å². The van der Waals surface area contributed by atoms with Crippen LogP contribution in [0.2, 0.25) is 0 Å². The van der Waals surface area contributed by atoms with Crippen LogP contribution in [0.1, 0.15) is 30.3 Å². The molecule has 0 aromatic carbocycles. The van der Waals surface area contributed by atoms with Crippen molar-refractivity contribution in [1.82, 2.24) is 4.98 Å². The van der Waals surface area contributed by atoms with Gasteiger partial charge in [0, 0.05) is 0 Å². The molecule has 0 saturated carbocycles. The van der Waals surface area contributed by atoms with Gasteiger partial charge in [0.2, 0.25) is 0 Å². The zero-order valence-corrected chi connectivity index (χ0v) is 11.7. The van der Waals surface area contributed by atoms with Gasteiger partial charge in [-0.05, 0) is 34.5 Å². The summed E-state index contributed by atoms with van der Waals surface area (Å²) in [5.41, 5.74) is -2.78. The number of aromatic nitrogens is 1. The van der Waals surface area contributed by atoms with Gasteiger partial charge in [0.1, 0.15) is 5.69 Å². The molecule has 0 spiro atoms. The highest BCUT2D eigenvalue weighted by Gasteiger charge is 2.37. The molecule has 0 N–H and O–H groups in total. The molecule has 1 rings (SSSR count). The number of ether oxygens (including phenoxy) is 1. The van der Waals surface area contributed by atoms with Gasteiger partial charge in [0.15, 0.2) is 5.69 Å². The summed E-state index contributed by atoms with van der Waals surface area (Å²) in [5, 5.41) is 0. The van der Waals surface area contributed by atoms with E-state index in [2.05, 4.69) is 25.7 Å². The van der Waals surface area contributed by atoms with Crippen molar-refractivity contribution in [3.05, 3.63) is 27.5 Å². The van der Waals surface area contributed by atoms with Gasteiger partial charge < -0.3 is 4.74 Å². The predicted octanol–water partition coefficient (Wildman–Crippen LogP) is 3.91. The van der Waals surface area contributed by atoms with Crippen LogP contribution in [0.25, 0.3) is 0 Å². The second-order valence-electron chi connectivity index (χ2n) is 3.65. The van der Waals surface area contributed by atoms with Gasteiger partial charge in [-0.3, -0.25) is 4.79 Å². The second kappa shape index (κ2) is 6.47.